The molecule has 2 N–H and O–H groups in total. The Bertz CT molecular complexity index is 677. The number of amides is 1. The van der Waals surface area contributed by atoms with Crippen molar-refractivity contribution in [2.75, 3.05) is 5.32 Å². The molecule has 2 rings (SSSR count). The molecule has 0 atom stereocenters. The van der Waals surface area contributed by atoms with E-state index in [-0.39, 0.29) is 11.5 Å². The number of aromatic carboxylic acids is 1. The maximum atomic E-state index is 11.9. The summed E-state index contributed by atoms with van der Waals surface area (Å²) < 4.78 is 0. The smallest absolute Gasteiger partial charge is 0.338 e. The topological polar surface area (TPSA) is 79.3 Å². The molecule has 2 heterocycles. The molecule has 0 fully saturated rings. The molecule has 0 aliphatic rings. The molecule has 0 radical (unpaired) electrons. The molecule has 0 saturated heterocycles. The van der Waals surface area contributed by atoms with E-state index in [0.29, 0.717) is 5.00 Å². The zero-order chi connectivity index (χ0) is 15.2. The van der Waals surface area contributed by atoms with E-state index in [4.69, 9.17) is 5.11 Å². The summed E-state index contributed by atoms with van der Waals surface area (Å²) in [5.74, 6) is -1.41. The molecule has 0 saturated carbocycles. The van der Waals surface area contributed by atoms with Crippen LogP contribution in [0.4, 0.5) is 5.00 Å². The summed E-state index contributed by atoms with van der Waals surface area (Å²) in [4.78, 5) is 27.8. The van der Waals surface area contributed by atoms with E-state index >= 15 is 0 Å². The summed E-state index contributed by atoms with van der Waals surface area (Å²) >= 11 is 1.28. The van der Waals surface area contributed by atoms with Gasteiger partial charge in [0.2, 0.25) is 5.91 Å². The van der Waals surface area contributed by atoms with E-state index in [2.05, 4.69) is 10.3 Å². The Labute approximate surface area is 126 Å². The van der Waals surface area contributed by atoms with Crippen molar-refractivity contribution in [2.24, 2.45) is 0 Å². The van der Waals surface area contributed by atoms with Crippen molar-refractivity contribution in [3.63, 3.8) is 0 Å². The number of carboxylic acid groups (broad SMARTS) is 1. The monoisotopic (exact) mass is 302 g/mol. The summed E-state index contributed by atoms with van der Waals surface area (Å²) in [6.07, 6.45) is 6.98. The second-order valence-corrected chi connectivity index (χ2v) is 5.36. The highest BCUT2D eigenvalue weighted by molar-refractivity contribution is 7.16. The van der Waals surface area contributed by atoms with E-state index in [1.165, 1.54) is 17.4 Å². The lowest BCUT2D eigenvalue weighted by Crippen LogP contribution is -2.09. The summed E-state index contributed by atoms with van der Waals surface area (Å²) in [7, 11) is 0. The summed E-state index contributed by atoms with van der Waals surface area (Å²) in [6.45, 7) is 1.94. The second kappa shape index (κ2) is 6.81. The average Bonchev–Trinajstić information content (AvgIpc) is 2.89. The van der Waals surface area contributed by atoms with Gasteiger partial charge in [-0.1, -0.05) is 13.0 Å². The maximum Gasteiger partial charge on any atom is 0.338 e. The van der Waals surface area contributed by atoms with Crippen molar-refractivity contribution in [3.8, 4) is 0 Å². The van der Waals surface area contributed by atoms with Crippen molar-refractivity contribution in [3.05, 3.63) is 52.7 Å². The molecule has 5 nitrogen and oxygen atoms in total. The standard InChI is InChI=1S/C15H14N2O3S/c1-2-11-8-12(15(19)20)14(21-11)17-13(18)6-5-10-4-3-7-16-9-10/h3-9H,2H2,1H3,(H,17,18)(H,19,20). The molecule has 2 aromatic heterocycles. The Morgan fingerprint density at radius 3 is 2.90 bits per heavy atom. The predicted molar refractivity (Wildman–Crippen MR) is 82.6 cm³/mol. The normalized spacial score (nSPS) is 10.7. The van der Waals surface area contributed by atoms with E-state index in [0.717, 1.165) is 16.9 Å². The van der Waals surface area contributed by atoms with Crippen LogP contribution in [0, 0.1) is 0 Å². The minimum absolute atomic E-state index is 0.125. The number of nitrogens with one attached hydrogen (secondary N) is 1. The number of anilines is 1. The van der Waals surface area contributed by atoms with Crippen LogP contribution in [0.25, 0.3) is 6.08 Å². The van der Waals surface area contributed by atoms with Gasteiger partial charge in [-0.05, 0) is 30.2 Å². The Morgan fingerprint density at radius 2 is 2.29 bits per heavy atom. The van der Waals surface area contributed by atoms with Crippen molar-refractivity contribution in [1.82, 2.24) is 4.98 Å². The van der Waals surface area contributed by atoms with Gasteiger partial charge in [-0.2, -0.15) is 0 Å². The summed E-state index contributed by atoms with van der Waals surface area (Å²) in [5, 5.41) is 12.1. The minimum Gasteiger partial charge on any atom is -0.478 e. The lowest BCUT2D eigenvalue weighted by Gasteiger charge is -2.00. The molecule has 21 heavy (non-hydrogen) atoms. The highest BCUT2D eigenvalue weighted by atomic mass is 32.1. The number of hydrogen-bond donors (Lipinski definition) is 2. The number of aromatic nitrogens is 1. The molecule has 0 unspecified atom stereocenters. The van der Waals surface area contributed by atoms with Gasteiger partial charge in [0, 0.05) is 23.3 Å². The zero-order valence-electron chi connectivity index (χ0n) is 11.4. The SMILES string of the molecule is CCc1cc(C(=O)O)c(NC(=O)C=Cc2cccnc2)s1. The van der Waals surface area contributed by atoms with Crippen LogP contribution in [-0.4, -0.2) is 22.0 Å². The van der Waals surface area contributed by atoms with Gasteiger partial charge in [0.25, 0.3) is 0 Å². The molecular weight excluding hydrogens is 288 g/mol. The number of pyridine rings is 1. The van der Waals surface area contributed by atoms with Gasteiger partial charge in [0.15, 0.2) is 0 Å². The molecule has 6 heteroatoms. The van der Waals surface area contributed by atoms with Gasteiger partial charge in [0.1, 0.15) is 5.00 Å². The number of nitrogens with zero attached hydrogens (tertiary/aromatic N) is 1. The van der Waals surface area contributed by atoms with E-state index in [1.54, 1.807) is 30.6 Å². The third kappa shape index (κ3) is 4.00. The van der Waals surface area contributed by atoms with Crippen LogP contribution in [0.3, 0.4) is 0 Å². The van der Waals surface area contributed by atoms with Gasteiger partial charge in [-0.15, -0.1) is 11.3 Å². The number of hydrogen-bond acceptors (Lipinski definition) is 4. The zero-order valence-corrected chi connectivity index (χ0v) is 12.2. The first-order valence-corrected chi connectivity index (χ1v) is 7.17. The van der Waals surface area contributed by atoms with Crippen molar-refractivity contribution >= 4 is 34.3 Å². The summed E-state index contributed by atoms with van der Waals surface area (Å²) in [5.41, 5.74) is 0.923. The Hall–Kier alpha value is -2.47. The van der Waals surface area contributed by atoms with Crippen LogP contribution in [0.5, 0.6) is 0 Å². The van der Waals surface area contributed by atoms with Crippen molar-refractivity contribution < 1.29 is 14.7 Å². The largest absolute Gasteiger partial charge is 0.478 e. The first kappa shape index (κ1) is 14.9. The van der Waals surface area contributed by atoms with E-state index < -0.39 is 5.97 Å². The predicted octanol–water partition coefficient (Wildman–Crippen LogP) is 3.06. The fraction of sp³-hybridized carbons (Fsp3) is 0.133. The quantitative estimate of drug-likeness (QED) is 0.832. The lowest BCUT2D eigenvalue weighted by atomic mass is 10.2. The number of aryl methyl sites for hydroxylation is 1. The van der Waals surface area contributed by atoms with Crippen LogP contribution < -0.4 is 5.32 Å². The second-order valence-electron chi connectivity index (χ2n) is 4.22. The van der Waals surface area contributed by atoms with Crippen molar-refractivity contribution in [1.29, 1.82) is 0 Å². The molecule has 2 aromatic rings. The van der Waals surface area contributed by atoms with Crippen LogP contribution in [0.1, 0.15) is 27.7 Å². The van der Waals surface area contributed by atoms with Crippen LogP contribution >= 0.6 is 11.3 Å². The molecule has 1 amide bonds. The number of carbonyl (C=O) groups is 2. The molecule has 0 aromatic carbocycles. The van der Waals surface area contributed by atoms with Gasteiger partial charge in [-0.3, -0.25) is 9.78 Å². The molecule has 108 valence electrons. The Kier molecular flexibility index (Phi) is 4.84. The first-order valence-electron chi connectivity index (χ1n) is 6.35. The molecule has 0 bridgehead atoms. The molecular formula is C15H14N2O3S. The van der Waals surface area contributed by atoms with Crippen LogP contribution in [0.15, 0.2) is 36.7 Å². The van der Waals surface area contributed by atoms with Crippen LogP contribution in [0.2, 0.25) is 0 Å². The van der Waals surface area contributed by atoms with Gasteiger partial charge in [0.05, 0.1) is 5.56 Å². The van der Waals surface area contributed by atoms with E-state index in [9.17, 15) is 9.59 Å². The molecule has 0 spiro atoms. The van der Waals surface area contributed by atoms with Crippen molar-refractivity contribution in [2.45, 2.75) is 13.3 Å². The number of carbonyl (C=O) groups excluding carboxylic acids is 1. The fourth-order valence-electron chi connectivity index (χ4n) is 1.67. The van der Waals surface area contributed by atoms with Crippen LogP contribution in [-0.2, 0) is 11.2 Å². The fourth-order valence-corrected chi connectivity index (χ4v) is 2.66. The molecule has 0 aliphatic heterocycles. The highest BCUT2D eigenvalue weighted by Crippen LogP contribution is 2.28. The summed E-state index contributed by atoms with van der Waals surface area (Å²) in [6, 6.07) is 5.18. The maximum absolute atomic E-state index is 11.9. The average molecular weight is 302 g/mol. The highest BCUT2D eigenvalue weighted by Gasteiger charge is 2.15. The third-order valence-electron chi connectivity index (χ3n) is 2.71. The van der Waals surface area contributed by atoms with Gasteiger partial charge < -0.3 is 10.4 Å². The Balaban J connectivity index is 2.11. The lowest BCUT2D eigenvalue weighted by molar-refractivity contribution is -0.111. The first-order chi connectivity index (χ1) is 10.1. The van der Waals surface area contributed by atoms with Gasteiger partial charge in [-0.25, -0.2) is 4.79 Å². The minimum atomic E-state index is -1.04. The molecule has 0 aliphatic carbocycles. The third-order valence-corrected chi connectivity index (χ3v) is 3.91. The number of rotatable bonds is 5. The Morgan fingerprint density at radius 1 is 1.48 bits per heavy atom. The number of thiophene rings is 1. The van der Waals surface area contributed by atoms with Gasteiger partial charge >= 0.3 is 5.97 Å². The number of carboxylic acids is 1. The van der Waals surface area contributed by atoms with E-state index in [1.807, 2.05) is 13.0 Å².